The molecule has 2 aromatic rings. The van der Waals surface area contributed by atoms with Gasteiger partial charge in [-0.15, -0.1) is 0 Å². The first-order chi connectivity index (χ1) is 11.5. The Bertz CT molecular complexity index is 755. The first kappa shape index (κ1) is 16.7. The van der Waals surface area contributed by atoms with Crippen LogP contribution in [-0.2, 0) is 4.79 Å². The number of hydrogen-bond acceptors (Lipinski definition) is 3. The second kappa shape index (κ2) is 6.75. The maximum atomic E-state index is 12.5. The van der Waals surface area contributed by atoms with Gasteiger partial charge in [0.15, 0.2) is 0 Å². The molecule has 2 heterocycles. The van der Waals surface area contributed by atoms with E-state index in [1.807, 2.05) is 36.1 Å². The predicted octanol–water partition coefficient (Wildman–Crippen LogP) is 3.27. The Morgan fingerprint density at radius 1 is 1.08 bits per heavy atom. The predicted molar refractivity (Wildman–Crippen MR) is 93.9 cm³/mol. The maximum absolute atomic E-state index is 12.5. The van der Waals surface area contributed by atoms with Gasteiger partial charge in [0.05, 0.1) is 11.2 Å². The normalized spacial score (nSPS) is 21.2. The standard InChI is InChI=1S/C19H25N3O2/c1-13-10-14(2)12-21(11-13)18(23)8-9-19(24)22-17-7-5-4-6-16(17)15(3)20-22/h4-7,13-14H,8-12H2,1-3H3/t13-,14+. The SMILES string of the molecule is Cc1nn(C(=O)CCC(=O)N2C[C@H](C)C[C@H](C)C2)c2ccccc12. The second-order valence-corrected chi connectivity index (χ2v) is 7.15. The molecule has 1 aromatic heterocycles. The van der Waals surface area contributed by atoms with Crippen LogP contribution in [0.25, 0.3) is 10.9 Å². The molecule has 0 aliphatic carbocycles. The van der Waals surface area contributed by atoms with Gasteiger partial charge in [-0.2, -0.15) is 9.78 Å². The summed E-state index contributed by atoms with van der Waals surface area (Å²) in [4.78, 5) is 26.9. The van der Waals surface area contributed by atoms with Gasteiger partial charge in [0.2, 0.25) is 11.8 Å². The van der Waals surface area contributed by atoms with Gasteiger partial charge in [0.25, 0.3) is 0 Å². The van der Waals surface area contributed by atoms with Crippen molar-refractivity contribution in [1.82, 2.24) is 14.7 Å². The molecule has 128 valence electrons. The van der Waals surface area contributed by atoms with Crippen molar-refractivity contribution < 1.29 is 9.59 Å². The van der Waals surface area contributed by atoms with Crippen molar-refractivity contribution in [3.8, 4) is 0 Å². The van der Waals surface area contributed by atoms with E-state index in [1.54, 1.807) is 0 Å². The zero-order chi connectivity index (χ0) is 17.3. The lowest BCUT2D eigenvalue weighted by atomic mass is 9.91. The van der Waals surface area contributed by atoms with E-state index in [2.05, 4.69) is 18.9 Å². The molecule has 0 radical (unpaired) electrons. The van der Waals surface area contributed by atoms with Crippen LogP contribution in [0.1, 0.15) is 43.6 Å². The average Bonchev–Trinajstić information content (AvgIpc) is 2.89. The molecule has 0 N–H and O–H groups in total. The van der Waals surface area contributed by atoms with E-state index in [4.69, 9.17) is 0 Å². The summed E-state index contributed by atoms with van der Waals surface area (Å²) in [6.45, 7) is 7.87. The number of amides is 1. The third-order valence-corrected chi connectivity index (χ3v) is 4.78. The summed E-state index contributed by atoms with van der Waals surface area (Å²) in [5.41, 5.74) is 1.65. The highest BCUT2D eigenvalue weighted by Gasteiger charge is 2.25. The first-order valence-electron chi connectivity index (χ1n) is 8.71. The molecular weight excluding hydrogens is 302 g/mol. The fourth-order valence-electron chi connectivity index (χ4n) is 3.76. The van der Waals surface area contributed by atoms with E-state index in [9.17, 15) is 9.59 Å². The van der Waals surface area contributed by atoms with Crippen LogP contribution in [0.5, 0.6) is 0 Å². The minimum Gasteiger partial charge on any atom is -0.342 e. The fourth-order valence-corrected chi connectivity index (χ4v) is 3.76. The lowest BCUT2D eigenvalue weighted by molar-refractivity contribution is -0.133. The highest BCUT2D eigenvalue weighted by molar-refractivity contribution is 5.93. The van der Waals surface area contributed by atoms with Crippen molar-refractivity contribution in [2.75, 3.05) is 13.1 Å². The fraction of sp³-hybridized carbons (Fsp3) is 0.526. The van der Waals surface area contributed by atoms with Crippen LogP contribution in [0.3, 0.4) is 0 Å². The summed E-state index contributed by atoms with van der Waals surface area (Å²) in [5, 5.41) is 5.33. The molecule has 3 rings (SSSR count). The summed E-state index contributed by atoms with van der Waals surface area (Å²) >= 11 is 0. The van der Waals surface area contributed by atoms with E-state index in [1.165, 1.54) is 11.1 Å². The number of aryl methyl sites for hydroxylation is 1. The van der Waals surface area contributed by atoms with Crippen molar-refractivity contribution in [2.24, 2.45) is 11.8 Å². The number of para-hydroxylation sites is 1. The van der Waals surface area contributed by atoms with E-state index in [-0.39, 0.29) is 24.7 Å². The smallest absolute Gasteiger partial charge is 0.247 e. The summed E-state index contributed by atoms with van der Waals surface area (Å²) < 4.78 is 1.44. The van der Waals surface area contributed by atoms with E-state index in [0.717, 1.165) is 29.7 Å². The minimum atomic E-state index is -0.120. The molecule has 0 saturated carbocycles. The van der Waals surface area contributed by atoms with Crippen molar-refractivity contribution in [3.63, 3.8) is 0 Å². The Balaban J connectivity index is 1.65. The number of rotatable bonds is 3. The summed E-state index contributed by atoms with van der Waals surface area (Å²) in [6, 6.07) is 7.69. The number of piperidine rings is 1. The van der Waals surface area contributed by atoms with E-state index < -0.39 is 0 Å². The number of fused-ring (bicyclic) bond motifs is 1. The van der Waals surface area contributed by atoms with Crippen LogP contribution >= 0.6 is 0 Å². The molecule has 24 heavy (non-hydrogen) atoms. The van der Waals surface area contributed by atoms with Crippen molar-refractivity contribution in [2.45, 2.75) is 40.0 Å². The Hall–Kier alpha value is -2.17. The third kappa shape index (κ3) is 3.35. The Morgan fingerprint density at radius 2 is 1.71 bits per heavy atom. The van der Waals surface area contributed by atoms with E-state index >= 15 is 0 Å². The lowest BCUT2D eigenvalue weighted by Gasteiger charge is -2.35. The van der Waals surface area contributed by atoms with Gasteiger partial charge >= 0.3 is 0 Å². The lowest BCUT2D eigenvalue weighted by Crippen LogP contribution is -2.42. The van der Waals surface area contributed by atoms with Gasteiger partial charge in [0.1, 0.15) is 0 Å². The van der Waals surface area contributed by atoms with E-state index in [0.29, 0.717) is 11.8 Å². The summed E-state index contributed by atoms with van der Waals surface area (Å²) in [5.74, 6) is 1.03. The van der Waals surface area contributed by atoms with Gasteiger partial charge in [-0.3, -0.25) is 9.59 Å². The summed E-state index contributed by atoms with van der Waals surface area (Å²) in [6.07, 6.45) is 1.62. The highest BCUT2D eigenvalue weighted by Crippen LogP contribution is 2.22. The third-order valence-electron chi connectivity index (χ3n) is 4.78. The molecule has 0 bridgehead atoms. The van der Waals surface area contributed by atoms with Crippen molar-refractivity contribution in [3.05, 3.63) is 30.0 Å². The van der Waals surface area contributed by atoms with Crippen LogP contribution in [0.15, 0.2) is 24.3 Å². The molecule has 1 saturated heterocycles. The Kier molecular flexibility index (Phi) is 4.69. The topological polar surface area (TPSA) is 55.2 Å². The van der Waals surface area contributed by atoms with Gasteiger partial charge in [-0.1, -0.05) is 32.0 Å². The molecule has 5 heteroatoms. The molecule has 1 aliphatic rings. The van der Waals surface area contributed by atoms with Gasteiger partial charge in [-0.05, 0) is 31.2 Å². The number of likely N-dealkylation sites (tertiary alicyclic amines) is 1. The van der Waals surface area contributed by atoms with Gasteiger partial charge in [0, 0.05) is 31.3 Å². The number of carbonyl (C=O) groups excluding carboxylic acids is 2. The van der Waals surface area contributed by atoms with Crippen LogP contribution in [0.4, 0.5) is 0 Å². The number of aromatic nitrogens is 2. The monoisotopic (exact) mass is 327 g/mol. The first-order valence-corrected chi connectivity index (χ1v) is 8.71. The number of carbonyl (C=O) groups is 2. The Labute approximate surface area is 142 Å². The molecule has 2 atom stereocenters. The van der Waals surface area contributed by atoms with Gasteiger partial charge in [-0.25, -0.2) is 0 Å². The molecule has 1 aliphatic heterocycles. The number of nitrogens with zero attached hydrogens (tertiary/aromatic N) is 3. The Morgan fingerprint density at radius 3 is 2.42 bits per heavy atom. The molecule has 0 spiro atoms. The second-order valence-electron chi connectivity index (χ2n) is 7.15. The number of hydrogen-bond donors (Lipinski definition) is 0. The maximum Gasteiger partial charge on any atom is 0.247 e. The van der Waals surface area contributed by atoms with Crippen LogP contribution < -0.4 is 0 Å². The largest absolute Gasteiger partial charge is 0.342 e. The molecule has 0 unspecified atom stereocenters. The minimum absolute atomic E-state index is 0.0786. The molecule has 5 nitrogen and oxygen atoms in total. The van der Waals surface area contributed by atoms with Crippen LogP contribution in [0.2, 0.25) is 0 Å². The highest BCUT2D eigenvalue weighted by atomic mass is 16.2. The van der Waals surface area contributed by atoms with Gasteiger partial charge < -0.3 is 4.90 Å². The molecule has 1 fully saturated rings. The number of benzene rings is 1. The molecular formula is C19H25N3O2. The zero-order valence-electron chi connectivity index (χ0n) is 14.7. The molecule has 1 amide bonds. The van der Waals surface area contributed by atoms with Crippen LogP contribution in [0, 0.1) is 18.8 Å². The zero-order valence-corrected chi connectivity index (χ0v) is 14.7. The van der Waals surface area contributed by atoms with Crippen molar-refractivity contribution >= 4 is 22.7 Å². The molecule has 1 aromatic carbocycles. The van der Waals surface area contributed by atoms with Crippen LogP contribution in [-0.4, -0.2) is 39.6 Å². The average molecular weight is 327 g/mol. The summed E-state index contributed by atoms with van der Waals surface area (Å²) in [7, 11) is 0. The van der Waals surface area contributed by atoms with Crippen molar-refractivity contribution in [1.29, 1.82) is 0 Å². The quantitative estimate of drug-likeness (QED) is 0.869.